The van der Waals surface area contributed by atoms with Crippen LogP contribution in [0, 0.1) is 12.8 Å². The van der Waals surface area contributed by atoms with Crippen LogP contribution < -0.4 is 13.2 Å². The zero-order chi connectivity index (χ0) is 21.6. The molecule has 0 spiro atoms. The van der Waals surface area contributed by atoms with Gasteiger partial charge in [-0.2, -0.15) is 0 Å². The van der Waals surface area contributed by atoms with Crippen molar-refractivity contribution in [3.8, 4) is 0 Å². The summed E-state index contributed by atoms with van der Waals surface area (Å²) in [5, 5.41) is 0.402. The van der Waals surface area contributed by atoms with Gasteiger partial charge in [-0.1, -0.05) is 6.92 Å². The van der Waals surface area contributed by atoms with Gasteiger partial charge in [0.1, 0.15) is 0 Å². The molecule has 1 saturated carbocycles. The van der Waals surface area contributed by atoms with E-state index in [1.54, 1.807) is 14.0 Å². The molecule has 3 rings (SSSR count). The first-order valence-electron chi connectivity index (χ1n) is 9.74. The maximum absolute atomic E-state index is 12.7. The molecule has 2 aromatic rings. The van der Waals surface area contributed by atoms with Crippen molar-refractivity contribution in [1.82, 2.24) is 9.71 Å². The van der Waals surface area contributed by atoms with Crippen molar-refractivity contribution in [2.75, 3.05) is 11.9 Å². The molecule has 29 heavy (non-hydrogen) atoms. The molecule has 1 aromatic carbocycles. The summed E-state index contributed by atoms with van der Waals surface area (Å²) in [4.78, 5) is 25.6. The molecule has 1 aliphatic rings. The summed E-state index contributed by atoms with van der Waals surface area (Å²) in [6, 6.07) is 8.33. The van der Waals surface area contributed by atoms with E-state index in [0.29, 0.717) is 16.7 Å². The van der Waals surface area contributed by atoms with Crippen LogP contribution >= 0.6 is 11.3 Å². The van der Waals surface area contributed by atoms with Crippen LogP contribution in [0.5, 0.6) is 0 Å². The maximum atomic E-state index is 12.7. The smallest absolute Gasteiger partial charge is 0.0609 e. The Morgan fingerprint density at radius 1 is 1.28 bits per heavy atom. The topological polar surface area (TPSA) is 79.4 Å². The number of amides is 1. The van der Waals surface area contributed by atoms with E-state index in [-0.39, 0.29) is 22.6 Å². The fraction of sp³-hybridized carbons (Fsp3) is 0.500. The number of nitrogens with one attached hydrogen (secondary N) is 1. The molecule has 1 aliphatic carbocycles. The minimum atomic E-state index is -3.60. The van der Waals surface area contributed by atoms with E-state index >= 15 is 0 Å². The summed E-state index contributed by atoms with van der Waals surface area (Å²) >= 11 is -1.06. The molecule has 1 aromatic heterocycles. The van der Waals surface area contributed by atoms with Gasteiger partial charge in [-0.3, -0.25) is 0 Å². The Morgan fingerprint density at radius 3 is 2.38 bits per heavy atom. The van der Waals surface area contributed by atoms with Crippen LogP contribution in [0.4, 0.5) is 5.13 Å². The SMILES string of the molecule is Cc1nc(N(C)C(=O)Cc2cc[c]([Sn]([CH3])([CH3])[CH3])cc2)sc1S(=O)(=O)NC1CC1C. The Balaban J connectivity index is 1.71. The molecule has 2 unspecified atom stereocenters. The summed E-state index contributed by atoms with van der Waals surface area (Å²) in [7, 11) is -1.96. The van der Waals surface area contributed by atoms with Crippen molar-refractivity contribution in [2.45, 2.75) is 51.8 Å². The molecule has 9 heteroatoms. The fourth-order valence-corrected chi connectivity index (χ4v) is 9.21. The molecule has 0 bridgehead atoms. The standard InChI is InChI=1S/C17H20N3O3S2.3CH3.Sn/c1-11-9-14(11)19-25(22,23)16-12(2)18-17(24-16)20(3)15(21)10-13-7-5-4-6-8-13;;;;/h5-8,11,14,19H,9-10H2,1-3H3;3*1H3;. The number of hydrogen-bond acceptors (Lipinski definition) is 5. The number of hydrogen-bond donors (Lipinski definition) is 1. The van der Waals surface area contributed by atoms with Gasteiger partial charge in [-0.15, -0.1) is 0 Å². The van der Waals surface area contributed by atoms with Gasteiger partial charge in [0, 0.05) is 6.04 Å². The zero-order valence-corrected chi connectivity index (χ0v) is 22.3. The van der Waals surface area contributed by atoms with Gasteiger partial charge in [0.05, 0.1) is 0 Å². The molecule has 2 atom stereocenters. The Morgan fingerprint density at radius 2 is 1.86 bits per heavy atom. The van der Waals surface area contributed by atoms with Crippen molar-refractivity contribution in [3.05, 3.63) is 35.5 Å². The molecule has 158 valence electrons. The number of benzene rings is 1. The number of likely N-dealkylation sites (N-methyl/N-ethyl adjacent to an activating group) is 1. The Hall–Kier alpha value is -0.971. The van der Waals surface area contributed by atoms with Gasteiger partial charge in [-0.05, 0) is 12.3 Å². The summed E-state index contributed by atoms with van der Waals surface area (Å²) < 4.78 is 29.6. The first-order valence-corrected chi connectivity index (χ1v) is 22.0. The Kier molecular flexibility index (Phi) is 6.48. The van der Waals surface area contributed by atoms with Gasteiger partial charge in [0.15, 0.2) is 0 Å². The van der Waals surface area contributed by atoms with E-state index in [9.17, 15) is 13.2 Å². The number of thiazole rings is 1. The van der Waals surface area contributed by atoms with Crippen LogP contribution in [0.25, 0.3) is 0 Å². The molecule has 0 saturated heterocycles. The van der Waals surface area contributed by atoms with Gasteiger partial charge in [0.25, 0.3) is 0 Å². The second-order valence-electron chi connectivity index (χ2n) is 8.89. The van der Waals surface area contributed by atoms with E-state index in [0.717, 1.165) is 23.3 Å². The molecular formula is C20H29N3O3S2Sn. The van der Waals surface area contributed by atoms with Gasteiger partial charge >= 0.3 is 157 Å². The third kappa shape index (κ3) is 5.39. The number of nitrogens with zero attached hydrogens (tertiary/aromatic N) is 2. The second kappa shape index (κ2) is 8.28. The molecule has 0 aliphatic heterocycles. The average molecular weight is 542 g/mol. The van der Waals surface area contributed by atoms with Crippen LogP contribution in [-0.2, 0) is 21.2 Å². The van der Waals surface area contributed by atoms with E-state index in [1.165, 1.54) is 8.48 Å². The number of rotatable bonds is 7. The molecule has 0 radical (unpaired) electrons. The third-order valence-corrected chi connectivity index (χ3v) is 14.5. The monoisotopic (exact) mass is 543 g/mol. The van der Waals surface area contributed by atoms with Gasteiger partial charge < -0.3 is 0 Å². The minimum absolute atomic E-state index is 0.00464. The number of sulfonamides is 1. The second-order valence-corrected chi connectivity index (χ2v) is 26.3. The molecule has 1 fully saturated rings. The number of aryl methyl sites for hydroxylation is 1. The molecule has 6 nitrogen and oxygen atoms in total. The summed E-state index contributed by atoms with van der Waals surface area (Å²) in [5.41, 5.74) is 1.37. The van der Waals surface area contributed by atoms with Gasteiger partial charge in [-0.25, -0.2) is 0 Å². The average Bonchev–Trinajstić information content (AvgIpc) is 3.13. The fourth-order valence-electron chi connectivity index (χ4n) is 3.02. The van der Waals surface area contributed by atoms with Crippen molar-refractivity contribution in [2.24, 2.45) is 5.92 Å². The Labute approximate surface area is 181 Å². The van der Waals surface area contributed by atoms with Crippen molar-refractivity contribution in [1.29, 1.82) is 0 Å². The van der Waals surface area contributed by atoms with Crippen LogP contribution in [-0.4, -0.2) is 50.8 Å². The van der Waals surface area contributed by atoms with Crippen LogP contribution in [0.3, 0.4) is 0 Å². The van der Waals surface area contributed by atoms with Crippen molar-refractivity contribution in [3.63, 3.8) is 0 Å². The Bertz CT molecular complexity index is 1010. The summed E-state index contributed by atoms with van der Waals surface area (Å²) in [5.74, 6) is 0.258. The number of carbonyl (C=O) groups is 1. The number of carbonyl (C=O) groups excluding carboxylic acids is 1. The van der Waals surface area contributed by atoms with E-state index < -0.39 is 28.4 Å². The van der Waals surface area contributed by atoms with Crippen LogP contribution in [0.2, 0.25) is 14.8 Å². The quantitative estimate of drug-likeness (QED) is 0.547. The normalized spacial score (nSPS) is 19.2. The molecular weight excluding hydrogens is 513 g/mol. The van der Waals surface area contributed by atoms with Crippen molar-refractivity contribution >= 4 is 54.4 Å². The minimum Gasteiger partial charge on any atom is -0.0609 e. The van der Waals surface area contributed by atoms with Crippen LogP contribution in [0.1, 0.15) is 24.6 Å². The molecule has 1 heterocycles. The third-order valence-electron chi connectivity index (χ3n) is 5.24. The van der Waals surface area contributed by atoms with Crippen LogP contribution in [0.15, 0.2) is 28.5 Å². The molecule has 1 N–H and O–H groups in total. The number of anilines is 1. The summed E-state index contributed by atoms with van der Waals surface area (Å²) in [6.45, 7) is 3.68. The molecule has 1 amide bonds. The van der Waals surface area contributed by atoms with Gasteiger partial charge in [0.2, 0.25) is 0 Å². The van der Waals surface area contributed by atoms with E-state index in [2.05, 4.69) is 36.7 Å². The van der Waals surface area contributed by atoms with E-state index in [4.69, 9.17) is 0 Å². The predicted molar refractivity (Wildman–Crippen MR) is 121 cm³/mol. The predicted octanol–water partition coefficient (Wildman–Crippen LogP) is 2.89. The van der Waals surface area contributed by atoms with E-state index in [1.807, 2.05) is 19.1 Å². The first-order chi connectivity index (χ1) is 13.4. The number of aromatic nitrogens is 1. The summed E-state index contributed by atoms with van der Waals surface area (Å²) in [6.07, 6.45) is 1.12. The zero-order valence-electron chi connectivity index (χ0n) is 17.8. The van der Waals surface area contributed by atoms with Crippen molar-refractivity contribution < 1.29 is 13.2 Å². The first kappa shape index (κ1) is 22.7.